The molecule has 3 rings (SSSR count). The van der Waals surface area contributed by atoms with E-state index >= 15 is 0 Å². The molecule has 22 heavy (non-hydrogen) atoms. The van der Waals surface area contributed by atoms with Gasteiger partial charge >= 0.3 is 0 Å². The van der Waals surface area contributed by atoms with Crippen molar-refractivity contribution in [1.29, 1.82) is 0 Å². The summed E-state index contributed by atoms with van der Waals surface area (Å²) in [4.78, 5) is 0. The second-order valence-corrected chi connectivity index (χ2v) is 6.12. The molecule has 0 saturated heterocycles. The van der Waals surface area contributed by atoms with Crippen LogP contribution in [0.3, 0.4) is 0 Å². The van der Waals surface area contributed by atoms with Gasteiger partial charge in [-0.1, -0.05) is 23.2 Å². The third-order valence-electron chi connectivity index (χ3n) is 3.68. The summed E-state index contributed by atoms with van der Waals surface area (Å²) in [5, 5.41) is 23.5. The van der Waals surface area contributed by atoms with Crippen molar-refractivity contribution in [2.24, 2.45) is 0 Å². The molecule has 1 atom stereocenters. The molecule has 0 amide bonds. The van der Waals surface area contributed by atoms with Crippen LogP contribution in [0.5, 0.6) is 17.2 Å². The molecular formula is C16H15Cl2NO3. The fraction of sp³-hybridized carbons (Fsp3) is 0.250. The lowest BCUT2D eigenvalue weighted by atomic mass is 9.95. The van der Waals surface area contributed by atoms with Crippen LogP contribution in [0.15, 0.2) is 30.3 Å². The molecule has 1 unspecified atom stereocenters. The van der Waals surface area contributed by atoms with Gasteiger partial charge in [-0.15, -0.1) is 0 Å². The highest BCUT2D eigenvalue weighted by Gasteiger charge is 2.20. The first-order valence-corrected chi connectivity index (χ1v) is 7.63. The first kappa shape index (κ1) is 15.3. The highest BCUT2D eigenvalue weighted by Crippen LogP contribution is 2.31. The van der Waals surface area contributed by atoms with Crippen molar-refractivity contribution in [1.82, 2.24) is 5.32 Å². The standard InChI is InChI=1S/C16H15Cl2NO3/c17-11-1-2-13(18)16(6-11)22-8-12-3-9-4-14(20)15(21)5-10(9)7-19-12/h1-2,4-6,12,19-21H,3,7-8H2. The van der Waals surface area contributed by atoms with Gasteiger partial charge in [0, 0.05) is 23.7 Å². The van der Waals surface area contributed by atoms with Crippen molar-refractivity contribution in [3.05, 3.63) is 51.5 Å². The highest BCUT2D eigenvalue weighted by atomic mass is 35.5. The molecule has 0 spiro atoms. The average Bonchev–Trinajstić information content (AvgIpc) is 2.49. The van der Waals surface area contributed by atoms with E-state index in [0.717, 1.165) is 11.1 Å². The minimum atomic E-state index is -0.0989. The molecule has 0 aliphatic carbocycles. The molecule has 0 radical (unpaired) electrons. The van der Waals surface area contributed by atoms with Crippen LogP contribution in [0.4, 0.5) is 0 Å². The fourth-order valence-corrected chi connectivity index (χ4v) is 2.84. The normalized spacial score (nSPS) is 17.1. The molecule has 0 bridgehead atoms. The Morgan fingerprint density at radius 3 is 2.59 bits per heavy atom. The number of ether oxygens (including phenoxy) is 1. The van der Waals surface area contributed by atoms with E-state index in [1.807, 2.05) is 0 Å². The van der Waals surface area contributed by atoms with Gasteiger partial charge in [0.1, 0.15) is 12.4 Å². The van der Waals surface area contributed by atoms with E-state index in [1.165, 1.54) is 0 Å². The maximum atomic E-state index is 9.60. The van der Waals surface area contributed by atoms with E-state index in [-0.39, 0.29) is 17.5 Å². The maximum Gasteiger partial charge on any atom is 0.157 e. The number of aromatic hydroxyl groups is 2. The summed E-state index contributed by atoms with van der Waals surface area (Å²) in [5.74, 6) is 0.356. The highest BCUT2D eigenvalue weighted by molar-refractivity contribution is 6.34. The Morgan fingerprint density at radius 2 is 1.82 bits per heavy atom. The number of phenolic OH excluding ortho intramolecular Hbond substituents is 2. The Bertz CT molecular complexity index is 706. The minimum Gasteiger partial charge on any atom is -0.504 e. The molecule has 0 fully saturated rings. The molecular weight excluding hydrogens is 325 g/mol. The molecule has 0 saturated carbocycles. The van der Waals surface area contributed by atoms with Crippen LogP contribution in [-0.4, -0.2) is 22.9 Å². The monoisotopic (exact) mass is 339 g/mol. The smallest absolute Gasteiger partial charge is 0.157 e. The summed E-state index contributed by atoms with van der Waals surface area (Å²) in [6, 6.07) is 8.37. The number of rotatable bonds is 3. The van der Waals surface area contributed by atoms with Gasteiger partial charge in [0.2, 0.25) is 0 Å². The summed E-state index contributed by atoms with van der Waals surface area (Å²) in [6.07, 6.45) is 0.696. The number of hydrogen-bond donors (Lipinski definition) is 3. The van der Waals surface area contributed by atoms with E-state index in [0.29, 0.717) is 35.4 Å². The summed E-state index contributed by atoms with van der Waals surface area (Å²) in [7, 11) is 0. The zero-order chi connectivity index (χ0) is 15.7. The Balaban J connectivity index is 1.68. The average molecular weight is 340 g/mol. The van der Waals surface area contributed by atoms with Crippen LogP contribution in [0.25, 0.3) is 0 Å². The number of phenols is 2. The number of nitrogens with one attached hydrogen (secondary N) is 1. The third kappa shape index (κ3) is 3.24. The van der Waals surface area contributed by atoms with Gasteiger partial charge in [-0.05, 0) is 41.8 Å². The predicted octanol–water partition coefficient (Wildman–Crippen LogP) is 3.50. The van der Waals surface area contributed by atoms with Gasteiger partial charge in [0.15, 0.2) is 11.5 Å². The molecule has 2 aromatic rings. The Labute approximate surface area is 138 Å². The van der Waals surface area contributed by atoms with Gasteiger partial charge in [-0.25, -0.2) is 0 Å². The number of fused-ring (bicyclic) bond motifs is 1. The summed E-state index contributed by atoms with van der Waals surface area (Å²) < 4.78 is 5.74. The molecule has 1 heterocycles. The summed E-state index contributed by atoms with van der Waals surface area (Å²) in [5.41, 5.74) is 1.98. The Hall–Kier alpha value is -1.62. The Morgan fingerprint density at radius 1 is 1.09 bits per heavy atom. The van der Waals surface area contributed by atoms with Crippen LogP contribution in [0.2, 0.25) is 10.0 Å². The van der Waals surface area contributed by atoms with Crippen molar-refractivity contribution in [3.63, 3.8) is 0 Å². The first-order chi connectivity index (χ1) is 10.5. The van der Waals surface area contributed by atoms with Crippen molar-refractivity contribution in [2.45, 2.75) is 19.0 Å². The van der Waals surface area contributed by atoms with Gasteiger partial charge in [-0.2, -0.15) is 0 Å². The Kier molecular flexibility index (Phi) is 4.34. The lowest BCUT2D eigenvalue weighted by Gasteiger charge is -2.26. The molecule has 1 aliphatic rings. The lowest BCUT2D eigenvalue weighted by Crippen LogP contribution is -2.39. The molecule has 6 heteroatoms. The maximum absolute atomic E-state index is 9.60. The predicted molar refractivity (Wildman–Crippen MR) is 86.1 cm³/mol. The van der Waals surface area contributed by atoms with Gasteiger partial charge in [0.25, 0.3) is 0 Å². The molecule has 116 valence electrons. The van der Waals surface area contributed by atoms with E-state index in [2.05, 4.69) is 5.32 Å². The van der Waals surface area contributed by atoms with Crippen molar-refractivity contribution in [2.75, 3.05) is 6.61 Å². The zero-order valence-corrected chi connectivity index (χ0v) is 13.2. The van der Waals surface area contributed by atoms with Crippen molar-refractivity contribution >= 4 is 23.2 Å². The number of hydrogen-bond acceptors (Lipinski definition) is 4. The summed E-state index contributed by atoms with van der Waals surface area (Å²) in [6.45, 7) is 1.04. The second kappa shape index (κ2) is 6.24. The van der Waals surface area contributed by atoms with Gasteiger partial charge < -0.3 is 20.3 Å². The van der Waals surface area contributed by atoms with Crippen LogP contribution in [0.1, 0.15) is 11.1 Å². The fourth-order valence-electron chi connectivity index (χ4n) is 2.51. The molecule has 0 aromatic heterocycles. The zero-order valence-electron chi connectivity index (χ0n) is 11.6. The van der Waals surface area contributed by atoms with Crippen molar-refractivity contribution in [3.8, 4) is 17.2 Å². The van der Waals surface area contributed by atoms with Crippen LogP contribution in [0, 0.1) is 0 Å². The molecule has 1 aliphatic heterocycles. The second-order valence-electron chi connectivity index (χ2n) is 5.28. The van der Waals surface area contributed by atoms with Crippen LogP contribution < -0.4 is 10.1 Å². The summed E-state index contributed by atoms with van der Waals surface area (Å²) >= 11 is 12.0. The van der Waals surface area contributed by atoms with Crippen LogP contribution in [-0.2, 0) is 13.0 Å². The number of benzene rings is 2. The largest absolute Gasteiger partial charge is 0.504 e. The topological polar surface area (TPSA) is 61.7 Å². The van der Waals surface area contributed by atoms with E-state index in [4.69, 9.17) is 27.9 Å². The minimum absolute atomic E-state index is 0.0893. The molecule has 3 N–H and O–H groups in total. The van der Waals surface area contributed by atoms with Crippen molar-refractivity contribution < 1.29 is 14.9 Å². The van der Waals surface area contributed by atoms with Gasteiger partial charge in [0.05, 0.1) is 5.02 Å². The van der Waals surface area contributed by atoms with Gasteiger partial charge in [-0.3, -0.25) is 0 Å². The quantitative estimate of drug-likeness (QED) is 0.749. The molecule has 2 aromatic carbocycles. The van der Waals surface area contributed by atoms with Crippen LogP contribution >= 0.6 is 23.2 Å². The lowest BCUT2D eigenvalue weighted by molar-refractivity contribution is 0.256. The third-order valence-corrected chi connectivity index (χ3v) is 4.22. The van der Waals surface area contributed by atoms with E-state index in [1.54, 1.807) is 30.3 Å². The first-order valence-electron chi connectivity index (χ1n) is 6.88. The van der Waals surface area contributed by atoms with E-state index in [9.17, 15) is 10.2 Å². The van der Waals surface area contributed by atoms with E-state index < -0.39 is 0 Å². The number of halogens is 2. The molecule has 4 nitrogen and oxygen atoms in total. The SMILES string of the molecule is Oc1cc2c(cc1O)CC(COc1cc(Cl)ccc1Cl)NC2.